The lowest BCUT2D eigenvalue weighted by atomic mass is 10.1. The van der Waals surface area contributed by atoms with Crippen molar-refractivity contribution in [2.45, 2.75) is 37.8 Å². The van der Waals surface area contributed by atoms with E-state index >= 15 is 0 Å². The topological polar surface area (TPSA) is 66.6 Å². The smallest absolute Gasteiger partial charge is 0.404 e. The molecule has 2 aliphatic rings. The molecule has 2 unspecified atom stereocenters. The average molecular weight is 373 g/mol. The Morgan fingerprint density at radius 1 is 1.21 bits per heavy atom. The predicted molar refractivity (Wildman–Crippen MR) is 110 cm³/mol. The molecule has 1 amide bonds. The van der Waals surface area contributed by atoms with Crippen LogP contribution >= 0.6 is 0 Å². The van der Waals surface area contributed by atoms with Crippen LogP contribution in [0.4, 0.5) is 4.79 Å². The molecule has 1 fully saturated rings. The lowest BCUT2D eigenvalue weighted by Gasteiger charge is -2.06. The van der Waals surface area contributed by atoms with Crippen molar-refractivity contribution in [3.63, 3.8) is 0 Å². The highest BCUT2D eigenvalue weighted by Gasteiger charge is 2.39. The first-order valence-electron chi connectivity index (χ1n) is 9.81. The minimum atomic E-state index is -0.995. The van der Waals surface area contributed by atoms with Crippen molar-refractivity contribution in [1.82, 2.24) is 9.88 Å². The number of rotatable bonds is 4. The predicted octanol–water partition coefficient (Wildman–Crippen LogP) is 4.24. The van der Waals surface area contributed by atoms with E-state index in [9.17, 15) is 4.79 Å². The van der Waals surface area contributed by atoms with Gasteiger partial charge < -0.3 is 15.0 Å². The largest absolute Gasteiger partial charge is 0.465 e. The van der Waals surface area contributed by atoms with Crippen molar-refractivity contribution in [3.05, 3.63) is 70.9 Å². The summed E-state index contributed by atoms with van der Waals surface area (Å²) in [5.41, 5.74) is 7.40. The van der Waals surface area contributed by atoms with Gasteiger partial charge in [0.25, 0.3) is 0 Å². The molecule has 5 heteroatoms. The zero-order chi connectivity index (χ0) is 19.3. The number of hydrogen-bond donors (Lipinski definition) is 2. The number of carbonyl (C=O) groups is 1. The summed E-state index contributed by atoms with van der Waals surface area (Å²) in [5, 5.41) is 12.5. The molecule has 1 heterocycles. The molecule has 0 bridgehead atoms. The van der Waals surface area contributed by atoms with Crippen molar-refractivity contribution < 1.29 is 9.90 Å². The van der Waals surface area contributed by atoms with E-state index in [4.69, 9.17) is 10.1 Å². The quantitative estimate of drug-likeness (QED) is 0.718. The Kier molecular flexibility index (Phi) is 3.97. The van der Waals surface area contributed by atoms with E-state index in [1.807, 2.05) is 6.07 Å². The van der Waals surface area contributed by atoms with Crippen LogP contribution in [0.2, 0.25) is 0 Å². The summed E-state index contributed by atoms with van der Waals surface area (Å²) in [7, 11) is 2.11. The number of amides is 1. The normalized spacial score (nSPS) is 21.8. The molecular formula is C23H23N3O2. The van der Waals surface area contributed by atoms with Gasteiger partial charge in [-0.15, -0.1) is 0 Å². The van der Waals surface area contributed by atoms with Crippen LogP contribution < -0.4 is 5.32 Å². The minimum absolute atomic E-state index is 0.330. The van der Waals surface area contributed by atoms with E-state index in [-0.39, 0.29) is 0 Å². The van der Waals surface area contributed by atoms with E-state index < -0.39 is 6.09 Å². The van der Waals surface area contributed by atoms with Crippen LogP contribution in [0.25, 0.3) is 10.9 Å². The summed E-state index contributed by atoms with van der Waals surface area (Å²) < 4.78 is 2.25. The summed E-state index contributed by atoms with van der Waals surface area (Å²) in [5.74, 6) is 0.557. The molecule has 0 aliphatic heterocycles. The maximum Gasteiger partial charge on any atom is 0.404 e. The third kappa shape index (κ3) is 2.87. The maximum absolute atomic E-state index is 10.8. The minimum Gasteiger partial charge on any atom is -0.465 e. The number of nitrogens with zero attached hydrogens (tertiary/aromatic N) is 2. The van der Waals surface area contributed by atoms with Crippen LogP contribution in [0.1, 0.15) is 41.1 Å². The van der Waals surface area contributed by atoms with Crippen LogP contribution in [0, 0.1) is 0 Å². The molecule has 1 saturated carbocycles. The first-order chi connectivity index (χ1) is 13.6. The van der Waals surface area contributed by atoms with Crippen LogP contribution in [-0.2, 0) is 20.0 Å². The lowest BCUT2D eigenvalue weighted by molar-refractivity contribution is 0.194. The van der Waals surface area contributed by atoms with Crippen LogP contribution in [0.5, 0.6) is 0 Å². The monoisotopic (exact) mass is 373 g/mol. The zero-order valence-electron chi connectivity index (χ0n) is 15.9. The van der Waals surface area contributed by atoms with Gasteiger partial charge in [0.2, 0.25) is 0 Å². The van der Waals surface area contributed by atoms with Gasteiger partial charge in [-0.05, 0) is 48.1 Å². The fourth-order valence-corrected chi connectivity index (χ4v) is 4.55. The molecule has 0 spiro atoms. The molecule has 3 aromatic rings. The second-order valence-electron chi connectivity index (χ2n) is 7.79. The van der Waals surface area contributed by atoms with Crippen molar-refractivity contribution in [2.24, 2.45) is 12.0 Å². The number of aromatic nitrogens is 1. The van der Waals surface area contributed by atoms with Crippen LogP contribution in [-0.4, -0.2) is 27.5 Å². The van der Waals surface area contributed by atoms with Gasteiger partial charge in [-0.3, -0.25) is 4.99 Å². The number of hydrogen-bond acceptors (Lipinski definition) is 2. The number of aryl methyl sites for hydroxylation is 2. The number of carboxylic acid groups (broad SMARTS) is 1. The number of fused-ring (bicyclic) bond motifs is 3. The second-order valence-corrected chi connectivity index (χ2v) is 7.79. The molecular weight excluding hydrogens is 350 g/mol. The highest BCUT2D eigenvalue weighted by atomic mass is 16.4. The van der Waals surface area contributed by atoms with Crippen LogP contribution in [0.3, 0.4) is 0 Å². The standard InChI is InChI=1S/C23H23N3O2/c1-26-21-10-7-14(13-24-23(27)28)11-18(21)16-8-9-19(22(16)26)25-20-12-17(20)15-5-3-2-4-6-15/h2-7,10-11,17,20,24H,8-9,12-13H2,1H3,(H,27,28). The zero-order valence-corrected chi connectivity index (χ0v) is 15.9. The first-order valence-corrected chi connectivity index (χ1v) is 9.81. The van der Waals surface area contributed by atoms with Gasteiger partial charge in [-0.2, -0.15) is 0 Å². The highest BCUT2D eigenvalue weighted by molar-refractivity contribution is 6.09. The van der Waals surface area contributed by atoms with E-state index in [0.717, 1.165) is 24.8 Å². The molecule has 2 atom stereocenters. The number of aliphatic imine (C=N–C) groups is 1. The van der Waals surface area contributed by atoms with Gasteiger partial charge in [0.1, 0.15) is 0 Å². The summed E-state index contributed by atoms with van der Waals surface area (Å²) in [6.07, 6.45) is 2.14. The van der Waals surface area contributed by atoms with Crippen molar-refractivity contribution in [2.75, 3.05) is 0 Å². The van der Waals surface area contributed by atoms with Crippen LogP contribution in [0.15, 0.2) is 53.5 Å². The van der Waals surface area contributed by atoms with Gasteiger partial charge >= 0.3 is 6.09 Å². The Hall–Kier alpha value is -3.08. The Bertz CT molecular complexity index is 1100. The number of nitrogens with one attached hydrogen (secondary N) is 1. The summed E-state index contributed by atoms with van der Waals surface area (Å²) in [6, 6.07) is 17.3. The average Bonchev–Trinajstić information content (AvgIpc) is 3.26. The Balaban J connectivity index is 1.45. The van der Waals surface area contributed by atoms with Gasteiger partial charge in [-0.1, -0.05) is 36.4 Å². The summed E-state index contributed by atoms with van der Waals surface area (Å²) >= 11 is 0. The highest BCUT2D eigenvalue weighted by Crippen LogP contribution is 2.44. The molecule has 2 N–H and O–H groups in total. The molecule has 0 saturated heterocycles. The Labute approximate surface area is 163 Å². The Morgan fingerprint density at radius 3 is 2.82 bits per heavy atom. The molecule has 142 valence electrons. The molecule has 2 aromatic carbocycles. The molecule has 2 aliphatic carbocycles. The van der Waals surface area contributed by atoms with E-state index in [0.29, 0.717) is 18.5 Å². The molecule has 1 aromatic heterocycles. The van der Waals surface area contributed by atoms with E-state index in [1.165, 1.54) is 33.4 Å². The maximum atomic E-state index is 10.8. The molecule has 0 radical (unpaired) electrons. The third-order valence-corrected chi connectivity index (χ3v) is 6.00. The van der Waals surface area contributed by atoms with Crippen molar-refractivity contribution in [1.29, 1.82) is 0 Å². The van der Waals surface area contributed by atoms with E-state index in [1.54, 1.807) is 0 Å². The van der Waals surface area contributed by atoms with Gasteiger partial charge in [-0.25, -0.2) is 4.79 Å². The molecule has 5 nitrogen and oxygen atoms in total. The van der Waals surface area contributed by atoms with E-state index in [2.05, 4.69) is 59.4 Å². The van der Waals surface area contributed by atoms with Gasteiger partial charge in [0.15, 0.2) is 0 Å². The summed E-state index contributed by atoms with van der Waals surface area (Å²) in [6.45, 7) is 0.330. The number of benzene rings is 2. The van der Waals surface area contributed by atoms with Gasteiger partial charge in [0, 0.05) is 30.4 Å². The second kappa shape index (κ2) is 6.51. The van der Waals surface area contributed by atoms with Crippen molar-refractivity contribution >= 4 is 22.7 Å². The van der Waals surface area contributed by atoms with Crippen molar-refractivity contribution in [3.8, 4) is 0 Å². The first kappa shape index (κ1) is 17.0. The summed E-state index contributed by atoms with van der Waals surface area (Å²) in [4.78, 5) is 15.9. The lowest BCUT2D eigenvalue weighted by Crippen LogP contribution is -2.19. The SMILES string of the molecule is Cn1c2c(c3cc(CNC(=O)O)ccc31)CCC2=NC1CC1c1ccccc1. The fraction of sp³-hybridized carbons (Fsp3) is 0.304. The Morgan fingerprint density at radius 2 is 2.04 bits per heavy atom. The fourth-order valence-electron chi connectivity index (χ4n) is 4.55. The van der Waals surface area contributed by atoms with Gasteiger partial charge in [0.05, 0.1) is 17.4 Å². The third-order valence-electron chi connectivity index (χ3n) is 6.00. The molecule has 5 rings (SSSR count). The molecule has 28 heavy (non-hydrogen) atoms.